The third-order valence-corrected chi connectivity index (χ3v) is 4.26. The van der Waals surface area contributed by atoms with Gasteiger partial charge in [-0.3, -0.25) is 4.79 Å². The maximum atomic E-state index is 10.7. The summed E-state index contributed by atoms with van der Waals surface area (Å²) in [7, 11) is 0. The summed E-state index contributed by atoms with van der Waals surface area (Å²) in [5.74, 6) is -0.185. The first-order chi connectivity index (χ1) is 11.3. The zero-order valence-corrected chi connectivity index (χ0v) is 13.6. The molecular formula is C20H23NO2. The summed E-state index contributed by atoms with van der Waals surface area (Å²) in [6, 6.07) is 17.2. The summed E-state index contributed by atoms with van der Waals surface area (Å²) in [6.07, 6.45) is 4.35. The number of nitrogens with zero attached hydrogens (tertiary/aromatic N) is 1. The van der Waals surface area contributed by atoms with E-state index in [0.717, 1.165) is 32.2 Å². The first-order valence-corrected chi connectivity index (χ1v) is 8.37. The van der Waals surface area contributed by atoms with Crippen molar-refractivity contribution in [3.63, 3.8) is 0 Å². The van der Waals surface area contributed by atoms with E-state index in [1.165, 1.54) is 28.7 Å². The van der Waals surface area contributed by atoms with Crippen LogP contribution in [0.15, 0.2) is 48.5 Å². The second-order valence-electron chi connectivity index (χ2n) is 5.94. The number of fused-ring (bicyclic) bond motifs is 3. The molecule has 3 rings (SSSR count). The molecule has 0 N–H and O–H groups in total. The Morgan fingerprint density at radius 3 is 2.04 bits per heavy atom. The van der Waals surface area contributed by atoms with Crippen LogP contribution in [0.1, 0.15) is 32.6 Å². The zero-order valence-electron chi connectivity index (χ0n) is 13.6. The molecule has 0 aliphatic carbocycles. The molecule has 3 heteroatoms. The third kappa shape index (κ3) is 3.55. The van der Waals surface area contributed by atoms with Gasteiger partial charge in [0.2, 0.25) is 0 Å². The van der Waals surface area contributed by atoms with E-state index in [0.29, 0.717) is 6.61 Å². The Balaban J connectivity index is 1.64. The fourth-order valence-corrected chi connectivity index (χ4v) is 3.19. The van der Waals surface area contributed by atoms with Crippen LogP contribution in [-0.4, -0.2) is 17.1 Å². The van der Waals surface area contributed by atoms with Gasteiger partial charge in [-0.2, -0.15) is 0 Å². The maximum Gasteiger partial charge on any atom is 0.302 e. The first kappa shape index (κ1) is 15.6. The number of aromatic nitrogens is 1. The maximum absolute atomic E-state index is 10.7. The molecule has 1 aromatic heterocycles. The number of rotatable bonds is 7. The van der Waals surface area contributed by atoms with Gasteiger partial charge < -0.3 is 9.30 Å². The number of aryl methyl sites for hydroxylation is 1. The van der Waals surface area contributed by atoms with Crippen LogP contribution in [-0.2, 0) is 16.1 Å². The van der Waals surface area contributed by atoms with Crippen molar-refractivity contribution < 1.29 is 9.53 Å². The van der Waals surface area contributed by atoms with Crippen molar-refractivity contribution in [2.75, 3.05) is 6.61 Å². The van der Waals surface area contributed by atoms with E-state index in [1.54, 1.807) is 0 Å². The van der Waals surface area contributed by atoms with Crippen molar-refractivity contribution in [3.8, 4) is 0 Å². The largest absolute Gasteiger partial charge is 0.466 e. The molecule has 3 nitrogen and oxygen atoms in total. The predicted molar refractivity (Wildman–Crippen MR) is 94.5 cm³/mol. The summed E-state index contributed by atoms with van der Waals surface area (Å²) >= 11 is 0. The molecule has 0 unspecified atom stereocenters. The SMILES string of the molecule is CC(=O)OCCCCCCn1c2ccccc2c2ccccc21. The molecule has 0 radical (unpaired) electrons. The van der Waals surface area contributed by atoms with Crippen molar-refractivity contribution >= 4 is 27.8 Å². The first-order valence-electron chi connectivity index (χ1n) is 8.37. The predicted octanol–water partition coefficient (Wildman–Crippen LogP) is 4.92. The molecule has 0 saturated heterocycles. The van der Waals surface area contributed by atoms with Crippen molar-refractivity contribution in [2.24, 2.45) is 0 Å². The molecule has 0 aliphatic rings. The number of hydrogen-bond donors (Lipinski definition) is 0. The van der Waals surface area contributed by atoms with Crippen molar-refractivity contribution in [1.82, 2.24) is 4.57 Å². The van der Waals surface area contributed by atoms with Crippen molar-refractivity contribution in [2.45, 2.75) is 39.2 Å². The Morgan fingerprint density at radius 2 is 1.43 bits per heavy atom. The van der Waals surface area contributed by atoms with Crippen LogP contribution in [0, 0.1) is 0 Å². The standard InChI is InChI=1S/C20H23NO2/c1-16(22)23-15-9-3-2-8-14-21-19-12-6-4-10-17(19)18-11-5-7-13-20(18)21/h4-7,10-13H,2-3,8-9,14-15H2,1H3. The topological polar surface area (TPSA) is 31.2 Å². The van der Waals surface area contributed by atoms with Gasteiger partial charge in [0.1, 0.15) is 0 Å². The van der Waals surface area contributed by atoms with Gasteiger partial charge in [-0.05, 0) is 31.4 Å². The Morgan fingerprint density at radius 1 is 0.870 bits per heavy atom. The van der Waals surface area contributed by atoms with Gasteiger partial charge in [0.25, 0.3) is 0 Å². The van der Waals surface area contributed by atoms with Crippen LogP contribution in [0.3, 0.4) is 0 Å². The Hall–Kier alpha value is -2.29. The lowest BCUT2D eigenvalue weighted by Gasteiger charge is -2.07. The normalized spacial score (nSPS) is 11.2. The molecule has 1 heterocycles. The molecule has 0 aliphatic heterocycles. The minimum atomic E-state index is -0.185. The molecule has 0 spiro atoms. The molecule has 120 valence electrons. The average molecular weight is 309 g/mol. The van der Waals surface area contributed by atoms with Gasteiger partial charge in [-0.15, -0.1) is 0 Å². The Bertz CT molecular complexity index is 750. The fourth-order valence-electron chi connectivity index (χ4n) is 3.19. The molecule has 3 aromatic rings. The van der Waals surface area contributed by atoms with E-state index in [2.05, 4.69) is 53.1 Å². The summed E-state index contributed by atoms with van der Waals surface area (Å²) < 4.78 is 7.39. The van der Waals surface area contributed by atoms with Crippen LogP contribution in [0.2, 0.25) is 0 Å². The number of para-hydroxylation sites is 2. The van der Waals surface area contributed by atoms with E-state index < -0.39 is 0 Å². The van der Waals surface area contributed by atoms with E-state index in [4.69, 9.17) is 4.74 Å². The van der Waals surface area contributed by atoms with Gasteiger partial charge in [0, 0.05) is 35.3 Å². The highest BCUT2D eigenvalue weighted by Gasteiger charge is 2.08. The lowest BCUT2D eigenvalue weighted by Crippen LogP contribution is -2.01. The smallest absolute Gasteiger partial charge is 0.302 e. The van der Waals surface area contributed by atoms with Gasteiger partial charge in [-0.25, -0.2) is 0 Å². The average Bonchev–Trinajstić information content (AvgIpc) is 2.88. The summed E-state index contributed by atoms with van der Waals surface area (Å²) in [5.41, 5.74) is 2.63. The van der Waals surface area contributed by atoms with E-state index in [-0.39, 0.29) is 5.97 Å². The highest BCUT2D eigenvalue weighted by Crippen LogP contribution is 2.29. The lowest BCUT2D eigenvalue weighted by atomic mass is 10.2. The van der Waals surface area contributed by atoms with Crippen molar-refractivity contribution in [1.29, 1.82) is 0 Å². The van der Waals surface area contributed by atoms with Crippen LogP contribution in [0.5, 0.6) is 0 Å². The number of benzene rings is 2. The molecule has 23 heavy (non-hydrogen) atoms. The van der Waals surface area contributed by atoms with Gasteiger partial charge in [0.05, 0.1) is 6.61 Å². The summed E-state index contributed by atoms with van der Waals surface area (Å²) in [6.45, 7) is 3.04. The second kappa shape index (κ2) is 7.32. The number of ether oxygens (including phenoxy) is 1. The number of hydrogen-bond acceptors (Lipinski definition) is 2. The fraction of sp³-hybridized carbons (Fsp3) is 0.350. The zero-order chi connectivity index (χ0) is 16.1. The monoisotopic (exact) mass is 309 g/mol. The molecule has 0 atom stereocenters. The minimum absolute atomic E-state index is 0.185. The molecule has 0 saturated carbocycles. The summed E-state index contributed by atoms with van der Waals surface area (Å²) in [5, 5.41) is 2.66. The lowest BCUT2D eigenvalue weighted by molar-refractivity contribution is -0.141. The molecular weight excluding hydrogens is 286 g/mol. The molecule has 0 bridgehead atoms. The van der Waals surface area contributed by atoms with Gasteiger partial charge in [0.15, 0.2) is 0 Å². The minimum Gasteiger partial charge on any atom is -0.466 e. The van der Waals surface area contributed by atoms with Gasteiger partial charge in [-0.1, -0.05) is 42.8 Å². The van der Waals surface area contributed by atoms with E-state index in [9.17, 15) is 4.79 Å². The third-order valence-electron chi connectivity index (χ3n) is 4.26. The highest BCUT2D eigenvalue weighted by atomic mass is 16.5. The number of esters is 1. The molecule has 0 amide bonds. The number of carbonyl (C=O) groups is 1. The molecule has 2 aromatic carbocycles. The molecule has 0 fully saturated rings. The Labute approximate surface area is 136 Å². The van der Waals surface area contributed by atoms with E-state index >= 15 is 0 Å². The quantitative estimate of drug-likeness (QED) is 0.458. The number of unbranched alkanes of at least 4 members (excludes halogenated alkanes) is 3. The van der Waals surface area contributed by atoms with Crippen LogP contribution >= 0.6 is 0 Å². The van der Waals surface area contributed by atoms with E-state index in [1.807, 2.05) is 0 Å². The van der Waals surface area contributed by atoms with Crippen LogP contribution in [0.25, 0.3) is 21.8 Å². The van der Waals surface area contributed by atoms with Gasteiger partial charge >= 0.3 is 5.97 Å². The highest BCUT2D eigenvalue weighted by molar-refractivity contribution is 6.07. The Kier molecular flexibility index (Phi) is 4.96. The van der Waals surface area contributed by atoms with Crippen LogP contribution < -0.4 is 0 Å². The number of carbonyl (C=O) groups excluding carboxylic acids is 1. The second-order valence-corrected chi connectivity index (χ2v) is 5.94. The van der Waals surface area contributed by atoms with Crippen molar-refractivity contribution in [3.05, 3.63) is 48.5 Å². The van der Waals surface area contributed by atoms with Crippen LogP contribution in [0.4, 0.5) is 0 Å². The summed E-state index contributed by atoms with van der Waals surface area (Å²) in [4.78, 5) is 10.7.